The number of alkyl carbamates (subject to hydrolysis) is 1. The predicted molar refractivity (Wildman–Crippen MR) is 98.0 cm³/mol. The van der Waals surface area contributed by atoms with Crippen molar-refractivity contribution in [2.24, 2.45) is 0 Å². The molecule has 24 heavy (non-hydrogen) atoms. The van der Waals surface area contributed by atoms with E-state index in [2.05, 4.69) is 5.32 Å². The van der Waals surface area contributed by atoms with Gasteiger partial charge in [0.2, 0.25) is 5.91 Å². The molecule has 1 atom stereocenters. The van der Waals surface area contributed by atoms with Gasteiger partial charge in [-0.15, -0.1) is 0 Å². The van der Waals surface area contributed by atoms with E-state index in [0.717, 1.165) is 5.56 Å². The summed E-state index contributed by atoms with van der Waals surface area (Å²) in [4.78, 5) is 25.6. The van der Waals surface area contributed by atoms with Gasteiger partial charge in [-0.05, 0) is 39.2 Å². The van der Waals surface area contributed by atoms with Crippen LogP contribution in [0.4, 0.5) is 4.79 Å². The minimum Gasteiger partial charge on any atom is -0.444 e. The van der Waals surface area contributed by atoms with Crippen molar-refractivity contribution in [1.29, 1.82) is 0 Å². The monoisotopic (exact) mass is 336 g/mol. The van der Waals surface area contributed by atoms with Crippen molar-refractivity contribution in [1.82, 2.24) is 10.2 Å². The first-order valence-electron chi connectivity index (χ1n) is 8.43. The van der Waals surface area contributed by atoms with Crippen LogP contribution in [-0.2, 0) is 16.0 Å². The largest absolute Gasteiger partial charge is 0.444 e. The van der Waals surface area contributed by atoms with Gasteiger partial charge in [-0.3, -0.25) is 4.79 Å². The number of nitrogens with zero attached hydrogens (tertiary/aromatic N) is 1. The number of rotatable bonds is 5. The molecule has 0 heterocycles. The highest BCUT2D eigenvalue weighted by Gasteiger charge is 2.25. The molecule has 0 saturated carbocycles. The Hall–Kier alpha value is -2.04. The normalized spacial score (nSPS) is 11.6. The van der Waals surface area contributed by atoms with E-state index in [-0.39, 0.29) is 5.91 Å². The van der Waals surface area contributed by atoms with Gasteiger partial charge < -0.3 is 15.0 Å². The fraction of sp³-hybridized carbons (Fsp3) is 0.579. The summed E-state index contributed by atoms with van der Waals surface area (Å²) in [5.41, 5.74) is 0.542. The summed E-state index contributed by atoms with van der Waals surface area (Å²) in [6.45, 7) is 9.37. The summed E-state index contributed by atoms with van der Waals surface area (Å²) in [6.07, 6.45) is 0.669. The van der Waals surface area contributed by atoms with Gasteiger partial charge in [0, 0.05) is 14.1 Å². The van der Waals surface area contributed by atoms with Gasteiger partial charge in [-0.25, -0.2) is 4.79 Å². The quantitative estimate of drug-likeness (QED) is 0.893. The minimum absolute atomic E-state index is 0.137. The van der Waals surface area contributed by atoms with Crippen LogP contribution in [0.2, 0.25) is 0 Å². The first-order chi connectivity index (χ1) is 11.2. The molecule has 0 aromatic heterocycles. The zero-order chi connectivity index (χ0) is 18.8. The Morgan fingerprint density at radius 3 is 2.12 bits per heavy atom. The molecule has 2 amide bonds. The summed E-state index contributed by atoms with van der Waals surface area (Å²) in [5.74, 6) is -0.137. The molecule has 1 N–H and O–H groups in total. The number of hydrogen-bond acceptors (Lipinski definition) is 3. The Morgan fingerprint density at radius 2 is 1.67 bits per heavy atom. The van der Waals surface area contributed by atoms with Crippen LogP contribution < -0.4 is 5.32 Å². The van der Waals surface area contributed by atoms with Gasteiger partial charge >= 0.3 is 6.09 Å². The molecule has 1 aromatic carbocycles. The maximum absolute atomic E-state index is 12.2. The molecule has 1 aromatic rings. The first-order valence-corrected chi connectivity index (χ1v) is 8.43. The number of carbonyl (C=O) groups is 2. The van der Waals surface area contributed by atoms with Crippen molar-refractivity contribution in [2.45, 2.75) is 59.1 Å². The topological polar surface area (TPSA) is 58.6 Å². The van der Waals surface area contributed by atoms with E-state index in [1.807, 2.05) is 44.2 Å². The molecule has 0 saturated heterocycles. The lowest BCUT2D eigenvalue weighted by molar-refractivity contribution is -0.131. The van der Waals surface area contributed by atoms with Gasteiger partial charge in [-0.1, -0.05) is 44.2 Å². The Labute approximate surface area is 146 Å². The molecule has 5 heteroatoms. The second kappa shape index (κ2) is 10.7. The zero-order valence-electron chi connectivity index (χ0n) is 16.1. The van der Waals surface area contributed by atoms with Crippen LogP contribution in [0.5, 0.6) is 0 Å². The fourth-order valence-electron chi connectivity index (χ4n) is 1.97. The van der Waals surface area contributed by atoms with Crippen LogP contribution in [0.25, 0.3) is 0 Å². The Kier molecular flexibility index (Phi) is 9.77. The maximum atomic E-state index is 12.2. The molecule has 0 aliphatic rings. The molecule has 0 radical (unpaired) electrons. The first kappa shape index (κ1) is 22.0. The SMILES string of the molecule is CC.CN(C)C(=O)C(CCc1ccccc1)NC(=O)OC(C)(C)C. The van der Waals surface area contributed by atoms with E-state index in [4.69, 9.17) is 4.74 Å². The highest BCUT2D eigenvalue weighted by atomic mass is 16.6. The van der Waals surface area contributed by atoms with Crippen LogP contribution in [0.3, 0.4) is 0 Å². The number of carbonyl (C=O) groups excluding carboxylic acids is 2. The number of nitrogens with one attached hydrogen (secondary N) is 1. The predicted octanol–water partition coefficient (Wildman–Crippen LogP) is 3.63. The van der Waals surface area contributed by atoms with Crippen molar-refractivity contribution < 1.29 is 14.3 Å². The van der Waals surface area contributed by atoms with Crippen LogP contribution in [0, 0.1) is 0 Å². The van der Waals surface area contributed by atoms with Gasteiger partial charge in [0.25, 0.3) is 0 Å². The number of ether oxygens (including phenoxy) is 1. The second-order valence-electron chi connectivity index (χ2n) is 6.46. The molecule has 0 fully saturated rings. The smallest absolute Gasteiger partial charge is 0.408 e. The molecular formula is C19H32N2O3. The Bertz CT molecular complexity index is 493. The zero-order valence-corrected chi connectivity index (χ0v) is 16.1. The average Bonchev–Trinajstić information content (AvgIpc) is 2.51. The molecule has 1 unspecified atom stereocenters. The van der Waals surface area contributed by atoms with Gasteiger partial charge in [-0.2, -0.15) is 0 Å². The number of hydrogen-bond donors (Lipinski definition) is 1. The van der Waals surface area contributed by atoms with Gasteiger partial charge in [0.1, 0.15) is 11.6 Å². The third-order valence-corrected chi connectivity index (χ3v) is 2.99. The maximum Gasteiger partial charge on any atom is 0.408 e. The van der Waals surface area contributed by atoms with E-state index in [1.165, 1.54) is 4.90 Å². The summed E-state index contributed by atoms with van der Waals surface area (Å²) in [5, 5.41) is 2.67. The summed E-state index contributed by atoms with van der Waals surface area (Å²) in [7, 11) is 3.35. The van der Waals surface area contributed by atoms with Crippen molar-refractivity contribution in [3.8, 4) is 0 Å². The van der Waals surface area contributed by atoms with E-state index >= 15 is 0 Å². The van der Waals surface area contributed by atoms with E-state index in [0.29, 0.717) is 12.8 Å². The number of benzene rings is 1. The molecule has 0 bridgehead atoms. The Balaban J connectivity index is 0.00000254. The lowest BCUT2D eigenvalue weighted by Gasteiger charge is -2.25. The molecular weight excluding hydrogens is 304 g/mol. The van der Waals surface area contributed by atoms with E-state index < -0.39 is 17.7 Å². The van der Waals surface area contributed by atoms with Gasteiger partial charge in [0.05, 0.1) is 0 Å². The minimum atomic E-state index is -0.593. The fourth-order valence-corrected chi connectivity index (χ4v) is 1.97. The van der Waals surface area contributed by atoms with Crippen LogP contribution in [0.1, 0.15) is 46.6 Å². The van der Waals surface area contributed by atoms with E-state index in [1.54, 1.807) is 34.9 Å². The molecule has 0 spiro atoms. The van der Waals surface area contributed by atoms with Crippen molar-refractivity contribution >= 4 is 12.0 Å². The van der Waals surface area contributed by atoms with Gasteiger partial charge in [0.15, 0.2) is 0 Å². The average molecular weight is 336 g/mol. The van der Waals surface area contributed by atoms with Crippen molar-refractivity contribution in [3.05, 3.63) is 35.9 Å². The number of aryl methyl sites for hydroxylation is 1. The molecule has 0 aliphatic heterocycles. The number of likely N-dealkylation sites (N-methyl/N-ethyl adjacent to an activating group) is 1. The van der Waals surface area contributed by atoms with Crippen LogP contribution in [-0.4, -0.2) is 42.6 Å². The lowest BCUT2D eigenvalue weighted by atomic mass is 10.0. The third-order valence-electron chi connectivity index (χ3n) is 2.99. The number of amides is 2. The standard InChI is InChI=1S/C17H26N2O3.C2H6/c1-17(2,3)22-16(21)18-14(15(20)19(4)5)12-11-13-9-7-6-8-10-13;1-2/h6-10,14H,11-12H2,1-5H3,(H,18,21);1-2H3. The summed E-state index contributed by atoms with van der Waals surface area (Å²) >= 11 is 0. The van der Waals surface area contributed by atoms with E-state index in [9.17, 15) is 9.59 Å². The molecule has 5 nitrogen and oxygen atoms in total. The Morgan fingerprint density at radius 1 is 1.12 bits per heavy atom. The summed E-state index contributed by atoms with van der Waals surface area (Å²) in [6, 6.07) is 9.28. The van der Waals surface area contributed by atoms with Crippen LogP contribution in [0.15, 0.2) is 30.3 Å². The van der Waals surface area contributed by atoms with Crippen LogP contribution >= 0.6 is 0 Å². The summed E-state index contributed by atoms with van der Waals surface area (Å²) < 4.78 is 5.23. The molecule has 1 rings (SSSR count). The highest BCUT2D eigenvalue weighted by Crippen LogP contribution is 2.10. The van der Waals surface area contributed by atoms with Crippen molar-refractivity contribution in [2.75, 3.05) is 14.1 Å². The lowest BCUT2D eigenvalue weighted by Crippen LogP contribution is -2.48. The third kappa shape index (κ3) is 9.18. The highest BCUT2D eigenvalue weighted by molar-refractivity contribution is 5.85. The molecule has 136 valence electrons. The molecule has 0 aliphatic carbocycles. The second-order valence-corrected chi connectivity index (χ2v) is 6.46. The van der Waals surface area contributed by atoms with Crippen molar-refractivity contribution in [3.63, 3.8) is 0 Å².